The molecule has 0 radical (unpaired) electrons. The van der Waals surface area contributed by atoms with Crippen LogP contribution in [0.1, 0.15) is 10.5 Å². The molecule has 4 nitrogen and oxygen atoms in total. The minimum Gasteiger partial charge on any atom is -0.335 e. The van der Waals surface area contributed by atoms with Crippen molar-refractivity contribution in [2.75, 3.05) is 20.1 Å². The van der Waals surface area contributed by atoms with Gasteiger partial charge in [0, 0.05) is 25.5 Å². The van der Waals surface area contributed by atoms with E-state index in [1.807, 2.05) is 37.4 Å². The molecule has 2 heterocycles. The lowest BCUT2D eigenvalue weighted by molar-refractivity contribution is 0.0675. The van der Waals surface area contributed by atoms with Gasteiger partial charge < -0.3 is 10.2 Å². The number of nitrogens with one attached hydrogen (secondary N) is 1. The maximum Gasteiger partial charge on any atom is 0.272 e. The highest BCUT2D eigenvalue weighted by atomic mass is 35.5. The lowest BCUT2D eigenvalue weighted by Crippen LogP contribution is -2.57. The topological polar surface area (TPSA) is 45.2 Å². The predicted octanol–water partition coefficient (Wildman–Crippen LogP) is 2.12. The number of carbonyl (C=O) groups is 1. The first-order valence-corrected chi connectivity index (χ1v) is 6.09. The van der Waals surface area contributed by atoms with Gasteiger partial charge >= 0.3 is 0 Å². The number of para-hydroxylation sites is 1. The quantitative estimate of drug-likeness (QED) is 0.923. The largest absolute Gasteiger partial charge is 0.335 e. The first kappa shape index (κ1) is 16.7. The second-order valence-corrected chi connectivity index (χ2v) is 4.62. The van der Waals surface area contributed by atoms with E-state index in [1.165, 1.54) is 0 Å². The summed E-state index contributed by atoms with van der Waals surface area (Å²) in [5.74, 6) is -0.00717. The van der Waals surface area contributed by atoms with Crippen molar-refractivity contribution in [1.29, 1.82) is 0 Å². The van der Waals surface area contributed by atoms with Crippen molar-refractivity contribution in [3.05, 3.63) is 42.1 Å². The summed E-state index contributed by atoms with van der Waals surface area (Å²) in [6, 6.07) is 11.9. The molecule has 2 aromatic rings. The second kappa shape index (κ2) is 6.88. The molecule has 1 N–H and O–H groups in total. The number of halogens is 2. The Labute approximate surface area is 130 Å². The van der Waals surface area contributed by atoms with Crippen molar-refractivity contribution in [3.8, 4) is 0 Å². The molecular weight excluding hydrogens is 297 g/mol. The number of nitrogens with zero attached hydrogens (tertiary/aromatic N) is 2. The fourth-order valence-corrected chi connectivity index (χ4v) is 2.08. The summed E-state index contributed by atoms with van der Waals surface area (Å²) in [5.41, 5.74) is 1.38. The Morgan fingerprint density at radius 3 is 2.55 bits per heavy atom. The van der Waals surface area contributed by atoms with Crippen LogP contribution in [0.3, 0.4) is 0 Å². The predicted molar refractivity (Wildman–Crippen MR) is 85.0 cm³/mol. The zero-order chi connectivity index (χ0) is 12.5. The first-order valence-electron chi connectivity index (χ1n) is 6.09. The van der Waals surface area contributed by atoms with Crippen molar-refractivity contribution in [3.63, 3.8) is 0 Å². The number of pyridine rings is 1. The highest BCUT2D eigenvalue weighted by Crippen LogP contribution is 2.14. The number of amides is 1. The summed E-state index contributed by atoms with van der Waals surface area (Å²) in [6.07, 6.45) is 0. The van der Waals surface area contributed by atoms with Crippen LogP contribution < -0.4 is 5.32 Å². The normalized spacial score (nSPS) is 13.8. The molecule has 1 aliphatic heterocycles. The first-order chi connectivity index (χ1) is 8.75. The van der Waals surface area contributed by atoms with E-state index in [0.717, 1.165) is 24.0 Å². The van der Waals surface area contributed by atoms with Crippen LogP contribution >= 0.6 is 24.8 Å². The standard InChI is InChI=1S/C14H15N3O.2ClH/c1-17(11-8-15-9-11)14(18)13-7-6-10-4-2-3-5-12(10)16-13;;/h2-7,11,15H,8-9H2,1H3;2*1H. The van der Waals surface area contributed by atoms with E-state index in [-0.39, 0.29) is 30.7 Å². The van der Waals surface area contributed by atoms with E-state index < -0.39 is 0 Å². The monoisotopic (exact) mass is 313 g/mol. The molecule has 0 unspecified atom stereocenters. The molecule has 108 valence electrons. The van der Waals surface area contributed by atoms with Crippen molar-refractivity contribution < 1.29 is 4.79 Å². The van der Waals surface area contributed by atoms with Crippen molar-refractivity contribution >= 4 is 41.6 Å². The molecule has 1 aromatic heterocycles. The Morgan fingerprint density at radius 1 is 1.20 bits per heavy atom. The summed E-state index contributed by atoms with van der Waals surface area (Å²) < 4.78 is 0. The highest BCUT2D eigenvalue weighted by molar-refractivity contribution is 5.95. The Morgan fingerprint density at radius 2 is 1.90 bits per heavy atom. The Balaban J connectivity index is 0.000001000. The van der Waals surface area contributed by atoms with E-state index in [9.17, 15) is 4.79 Å². The smallest absolute Gasteiger partial charge is 0.272 e. The SMILES string of the molecule is CN(C(=O)c1ccc2ccccc2n1)C1CNC1.Cl.Cl. The summed E-state index contributed by atoms with van der Waals surface area (Å²) in [4.78, 5) is 18.5. The Hall–Kier alpha value is -1.36. The maximum atomic E-state index is 12.3. The zero-order valence-corrected chi connectivity index (χ0v) is 12.7. The third-order valence-electron chi connectivity index (χ3n) is 3.45. The number of benzene rings is 1. The van der Waals surface area contributed by atoms with Gasteiger partial charge in [0.1, 0.15) is 5.69 Å². The molecule has 1 fully saturated rings. The maximum absolute atomic E-state index is 12.3. The molecule has 1 aromatic carbocycles. The van der Waals surface area contributed by atoms with E-state index in [1.54, 1.807) is 11.0 Å². The summed E-state index contributed by atoms with van der Waals surface area (Å²) in [6.45, 7) is 1.74. The average Bonchev–Trinajstić information content (AvgIpc) is 2.35. The minimum atomic E-state index is -0.00717. The fourth-order valence-electron chi connectivity index (χ4n) is 2.08. The van der Waals surface area contributed by atoms with E-state index in [0.29, 0.717) is 11.7 Å². The molecule has 6 heteroatoms. The third kappa shape index (κ3) is 3.03. The van der Waals surface area contributed by atoms with Gasteiger partial charge in [-0.2, -0.15) is 0 Å². The number of hydrogen-bond acceptors (Lipinski definition) is 3. The number of likely N-dealkylation sites (N-methyl/N-ethyl adjacent to an activating group) is 1. The van der Waals surface area contributed by atoms with Gasteiger partial charge in [-0.3, -0.25) is 4.79 Å². The minimum absolute atomic E-state index is 0. The van der Waals surface area contributed by atoms with Crippen molar-refractivity contribution in [2.45, 2.75) is 6.04 Å². The fraction of sp³-hybridized carbons (Fsp3) is 0.286. The van der Waals surface area contributed by atoms with Crippen LogP contribution in [0, 0.1) is 0 Å². The van der Waals surface area contributed by atoms with E-state index in [4.69, 9.17) is 0 Å². The van der Waals surface area contributed by atoms with Crippen molar-refractivity contribution in [2.24, 2.45) is 0 Å². The zero-order valence-electron chi connectivity index (χ0n) is 11.1. The molecule has 0 spiro atoms. The summed E-state index contributed by atoms with van der Waals surface area (Å²) in [7, 11) is 1.84. The highest BCUT2D eigenvalue weighted by Gasteiger charge is 2.26. The van der Waals surface area contributed by atoms with Crippen LogP contribution in [-0.2, 0) is 0 Å². The Kier molecular flexibility index (Phi) is 5.74. The molecule has 0 atom stereocenters. The lowest BCUT2D eigenvalue weighted by Gasteiger charge is -2.35. The molecule has 0 saturated carbocycles. The molecule has 1 amide bonds. The molecule has 0 aliphatic carbocycles. The van der Waals surface area contributed by atoms with Crippen LogP contribution in [0.25, 0.3) is 10.9 Å². The number of hydrogen-bond donors (Lipinski definition) is 1. The number of aromatic nitrogens is 1. The molecule has 1 saturated heterocycles. The van der Waals surface area contributed by atoms with Crippen LogP contribution in [0.5, 0.6) is 0 Å². The molecular formula is C14H17Cl2N3O. The van der Waals surface area contributed by atoms with Crippen molar-refractivity contribution in [1.82, 2.24) is 15.2 Å². The lowest BCUT2D eigenvalue weighted by atomic mass is 10.1. The molecule has 3 rings (SSSR count). The second-order valence-electron chi connectivity index (χ2n) is 4.62. The van der Waals surface area contributed by atoms with Gasteiger partial charge in [-0.05, 0) is 12.1 Å². The van der Waals surface area contributed by atoms with Gasteiger partial charge in [0.25, 0.3) is 5.91 Å². The average molecular weight is 314 g/mol. The van der Waals surface area contributed by atoms with Gasteiger partial charge in [-0.25, -0.2) is 4.98 Å². The van der Waals surface area contributed by atoms with E-state index >= 15 is 0 Å². The number of carbonyl (C=O) groups excluding carboxylic acids is 1. The van der Waals surface area contributed by atoms with E-state index in [2.05, 4.69) is 10.3 Å². The number of fused-ring (bicyclic) bond motifs is 1. The number of rotatable bonds is 2. The van der Waals surface area contributed by atoms with Gasteiger partial charge in [-0.15, -0.1) is 24.8 Å². The van der Waals surface area contributed by atoms with Crippen LogP contribution in [0.15, 0.2) is 36.4 Å². The van der Waals surface area contributed by atoms with Gasteiger partial charge in [0.05, 0.1) is 11.6 Å². The van der Waals surface area contributed by atoms with Gasteiger partial charge in [0.2, 0.25) is 0 Å². The van der Waals surface area contributed by atoms with Crippen LogP contribution in [-0.4, -0.2) is 42.0 Å². The third-order valence-corrected chi connectivity index (χ3v) is 3.45. The van der Waals surface area contributed by atoms with Gasteiger partial charge in [0.15, 0.2) is 0 Å². The van der Waals surface area contributed by atoms with Crippen LogP contribution in [0.4, 0.5) is 0 Å². The summed E-state index contributed by atoms with van der Waals surface area (Å²) >= 11 is 0. The summed E-state index contributed by atoms with van der Waals surface area (Å²) in [5, 5.41) is 4.22. The Bertz CT molecular complexity index is 602. The van der Waals surface area contributed by atoms with Crippen LogP contribution in [0.2, 0.25) is 0 Å². The molecule has 0 bridgehead atoms. The molecule has 20 heavy (non-hydrogen) atoms. The van der Waals surface area contributed by atoms with Gasteiger partial charge in [-0.1, -0.05) is 24.3 Å². The molecule has 1 aliphatic rings.